The van der Waals surface area contributed by atoms with Gasteiger partial charge in [0.1, 0.15) is 0 Å². The summed E-state index contributed by atoms with van der Waals surface area (Å²) >= 11 is 0. The van der Waals surface area contributed by atoms with Gasteiger partial charge in [0.2, 0.25) is 0 Å². The van der Waals surface area contributed by atoms with Gasteiger partial charge in [0.15, 0.2) is 0 Å². The monoisotopic (exact) mass is 257 g/mol. The van der Waals surface area contributed by atoms with Gasteiger partial charge in [-0.25, -0.2) is 0 Å². The Labute approximate surface area is 117 Å². The van der Waals surface area contributed by atoms with Crippen LogP contribution in [0.25, 0.3) is 0 Å². The second kappa shape index (κ2) is 5.28. The fourth-order valence-electron chi connectivity index (χ4n) is 3.58. The lowest BCUT2D eigenvalue weighted by Crippen LogP contribution is -2.35. The summed E-state index contributed by atoms with van der Waals surface area (Å²) in [6, 6.07) is 12.0. The lowest BCUT2D eigenvalue weighted by Gasteiger charge is -2.41. The number of hydrogen-bond acceptors (Lipinski definition) is 1. The van der Waals surface area contributed by atoms with E-state index in [0.717, 1.165) is 17.9 Å². The molecular formula is C18H27N. The quantitative estimate of drug-likeness (QED) is 0.845. The summed E-state index contributed by atoms with van der Waals surface area (Å²) in [5.74, 6) is 1.58. The predicted molar refractivity (Wildman–Crippen MR) is 81.3 cm³/mol. The average Bonchev–Trinajstić information content (AvgIpc) is 3.22. The summed E-state index contributed by atoms with van der Waals surface area (Å²) in [6.07, 6.45) is 6.90. The summed E-state index contributed by atoms with van der Waals surface area (Å²) in [6.45, 7) is 6.10. The molecule has 19 heavy (non-hydrogen) atoms. The second-order valence-electron chi connectivity index (χ2n) is 7.37. The minimum atomic E-state index is 0.511. The van der Waals surface area contributed by atoms with Gasteiger partial charge in [0, 0.05) is 6.04 Å². The van der Waals surface area contributed by atoms with Crippen molar-refractivity contribution in [1.82, 2.24) is 5.32 Å². The van der Waals surface area contributed by atoms with Crippen LogP contribution in [0.1, 0.15) is 57.4 Å². The molecule has 0 amide bonds. The molecule has 0 aliphatic heterocycles. The van der Waals surface area contributed by atoms with Gasteiger partial charge in [-0.05, 0) is 61.5 Å². The smallest absolute Gasteiger partial charge is 0.00683 e. The first kappa shape index (κ1) is 13.2. The van der Waals surface area contributed by atoms with Crippen molar-refractivity contribution in [2.45, 2.75) is 57.9 Å². The topological polar surface area (TPSA) is 12.0 Å². The van der Waals surface area contributed by atoms with Crippen molar-refractivity contribution in [3.05, 3.63) is 35.9 Å². The third-order valence-corrected chi connectivity index (χ3v) is 5.01. The molecule has 104 valence electrons. The molecule has 0 spiro atoms. The molecule has 3 rings (SSSR count). The fourth-order valence-corrected chi connectivity index (χ4v) is 3.58. The van der Waals surface area contributed by atoms with Crippen molar-refractivity contribution in [3.8, 4) is 0 Å². The van der Waals surface area contributed by atoms with Gasteiger partial charge in [-0.2, -0.15) is 0 Å². The van der Waals surface area contributed by atoms with Gasteiger partial charge in [-0.15, -0.1) is 0 Å². The first-order chi connectivity index (χ1) is 9.14. The van der Waals surface area contributed by atoms with Gasteiger partial charge >= 0.3 is 0 Å². The van der Waals surface area contributed by atoms with Crippen LogP contribution in [0, 0.1) is 11.3 Å². The molecule has 2 fully saturated rings. The number of rotatable bonds is 4. The molecule has 1 N–H and O–H groups in total. The fraction of sp³-hybridized carbons (Fsp3) is 0.667. The van der Waals surface area contributed by atoms with Gasteiger partial charge in [-0.3, -0.25) is 0 Å². The normalized spacial score (nSPS) is 30.2. The van der Waals surface area contributed by atoms with Crippen LogP contribution in [-0.4, -0.2) is 12.6 Å². The zero-order valence-electron chi connectivity index (χ0n) is 12.4. The van der Waals surface area contributed by atoms with Crippen molar-refractivity contribution in [3.63, 3.8) is 0 Å². The molecule has 0 heterocycles. The van der Waals surface area contributed by atoms with Crippen molar-refractivity contribution in [1.29, 1.82) is 0 Å². The van der Waals surface area contributed by atoms with Crippen LogP contribution in [0.5, 0.6) is 0 Å². The standard InChI is InChI=1S/C18H27N/c1-18(2)11-10-15(13-19-16-8-9-16)17(12-18)14-6-4-3-5-7-14/h3-7,15-17,19H,8-13H2,1-2H3. The van der Waals surface area contributed by atoms with Crippen molar-refractivity contribution >= 4 is 0 Å². The highest BCUT2D eigenvalue weighted by molar-refractivity contribution is 5.21. The zero-order chi connectivity index (χ0) is 13.3. The molecule has 0 bridgehead atoms. The lowest BCUT2D eigenvalue weighted by molar-refractivity contribution is 0.159. The van der Waals surface area contributed by atoms with E-state index in [1.807, 2.05) is 0 Å². The minimum Gasteiger partial charge on any atom is -0.314 e. The highest BCUT2D eigenvalue weighted by Crippen LogP contribution is 2.46. The van der Waals surface area contributed by atoms with Gasteiger partial charge in [0.05, 0.1) is 0 Å². The maximum absolute atomic E-state index is 3.75. The minimum absolute atomic E-state index is 0.511. The summed E-state index contributed by atoms with van der Waals surface area (Å²) < 4.78 is 0. The highest BCUT2D eigenvalue weighted by Gasteiger charge is 2.36. The molecule has 0 saturated heterocycles. The zero-order valence-corrected chi connectivity index (χ0v) is 12.4. The van der Waals surface area contributed by atoms with Crippen molar-refractivity contribution < 1.29 is 0 Å². The van der Waals surface area contributed by atoms with Gasteiger partial charge < -0.3 is 5.32 Å². The maximum atomic E-state index is 3.75. The Morgan fingerprint density at radius 3 is 2.53 bits per heavy atom. The molecule has 1 aromatic carbocycles. The number of benzene rings is 1. The Hall–Kier alpha value is -0.820. The van der Waals surface area contributed by atoms with E-state index in [4.69, 9.17) is 0 Å². The van der Waals surface area contributed by atoms with E-state index >= 15 is 0 Å². The average molecular weight is 257 g/mol. The van der Waals surface area contributed by atoms with Crippen LogP contribution >= 0.6 is 0 Å². The van der Waals surface area contributed by atoms with Crippen LogP contribution in [0.15, 0.2) is 30.3 Å². The van der Waals surface area contributed by atoms with Crippen LogP contribution < -0.4 is 5.32 Å². The van der Waals surface area contributed by atoms with E-state index in [1.54, 1.807) is 5.56 Å². The third kappa shape index (κ3) is 3.39. The lowest BCUT2D eigenvalue weighted by atomic mass is 9.65. The van der Waals surface area contributed by atoms with Crippen LogP contribution in [0.2, 0.25) is 0 Å². The molecule has 2 saturated carbocycles. The summed E-state index contributed by atoms with van der Waals surface area (Å²) in [5, 5.41) is 3.75. The van der Waals surface area contributed by atoms with Crippen LogP contribution in [0.4, 0.5) is 0 Å². The van der Waals surface area contributed by atoms with E-state index in [-0.39, 0.29) is 0 Å². The first-order valence-electron chi connectivity index (χ1n) is 7.92. The van der Waals surface area contributed by atoms with Crippen LogP contribution in [0.3, 0.4) is 0 Å². The molecule has 2 unspecified atom stereocenters. The third-order valence-electron chi connectivity index (χ3n) is 5.01. The van der Waals surface area contributed by atoms with Gasteiger partial charge in [0.25, 0.3) is 0 Å². The van der Waals surface area contributed by atoms with E-state index in [9.17, 15) is 0 Å². The largest absolute Gasteiger partial charge is 0.314 e. The number of nitrogens with one attached hydrogen (secondary N) is 1. The maximum Gasteiger partial charge on any atom is 0.00683 e. The summed E-state index contributed by atoms with van der Waals surface area (Å²) in [4.78, 5) is 0. The molecule has 0 aromatic heterocycles. The molecule has 1 nitrogen and oxygen atoms in total. The van der Waals surface area contributed by atoms with E-state index in [1.165, 1.54) is 38.6 Å². The Balaban J connectivity index is 1.72. The Kier molecular flexibility index (Phi) is 3.66. The highest BCUT2D eigenvalue weighted by atomic mass is 14.9. The Bertz CT molecular complexity index is 403. The molecule has 1 heteroatoms. The molecule has 2 atom stereocenters. The predicted octanol–water partition coefficient (Wildman–Crippen LogP) is 4.35. The first-order valence-corrected chi connectivity index (χ1v) is 7.92. The molecule has 0 radical (unpaired) electrons. The molecule has 1 aromatic rings. The van der Waals surface area contributed by atoms with Gasteiger partial charge in [-0.1, -0.05) is 44.2 Å². The molecule has 2 aliphatic rings. The molecular weight excluding hydrogens is 230 g/mol. The summed E-state index contributed by atoms with van der Waals surface area (Å²) in [7, 11) is 0. The Morgan fingerprint density at radius 2 is 1.84 bits per heavy atom. The molecule has 2 aliphatic carbocycles. The van der Waals surface area contributed by atoms with E-state index in [0.29, 0.717) is 5.41 Å². The summed E-state index contributed by atoms with van der Waals surface area (Å²) in [5.41, 5.74) is 2.06. The van der Waals surface area contributed by atoms with E-state index < -0.39 is 0 Å². The van der Waals surface area contributed by atoms with Crippen LogP contribution in [-0.2, 0) is 0 Å². The number of hydrogen-bond donors (Lipinski definition) is 1. The second-order valence-corrected chi connectivity index (χ2v) is 7.37. The van der Waals surface area contributed by atoms with E-state index in [2.05, 4.69) is 49.5 Å². The Morgan fingerprint density at radius 1 is 1.11 bits per heavy atom. The van der Waals surface area contributed by atoms with Crippen molar-refractivity contribution in [2.75, 3.05) is 6.54 Å². The SMILES string of the molecule is CC1(C)CCC(CNC2CC2)C(c2ccccc2)C1. The van der Waals surface area contributed by atoms with Crippen molar-refractivity contribution in [2.24, 2.45) is 11.3 Å².